The van der Waals surface area contributed by atoms with E-state index >= 15 is 0 Å². The first kappa shape index (κ1) is 18.2. The summed E-state index contributed by atoms with van der Waals surface area (Å²) in [6.45, 7) is 3.82. The van der Waals surface area contributed by atoms with Crippen molar-refractivity contribution < 1.29 is 9.53 Å². The molecule has 3 rings (SSSR count). The predicted octanol–water partition coefficient (Wildman–Crippen LogP) is 3.86. The quantitative estimate of drug-likeness (QED) is 0.474. The van der Waals surface area contributed by atoms with Crippen LogP contribution in [0.15, 0.2) is 0 Å². The molecule has 2 aliphatic rings. The van der Waals surface area contributed by atoms with Gasteiger partial charge in [-0.15, -0.1) is 0 Å². The van der Waals surface area contributed by atoms with Crippen molar-refractivity contribution in [2.75, 3.05) is 24.6 Å². The Morgan fingerprint density at radius 3 is 2.62 bits per heavy atom. The van der Waals surface area contributed by atoms with Gasteiger partial charge in [-0.25, -0.2) is 9.97 Å². The monoisotopic (exact) mass is 463 g/mol. The molecule has 1 aromatic rings. The Morgan fingerprint density at radius 1 is 1.29 bits per heavy atom. The van der Waals surface area contributed by atoms with Crippen molar-refractivity contribution in [1.29, 1.82) is 0 Å². The molecule has 1 aliphatic carbocycles. The zero-order valence-corrected chi connectivity index (χ0v) is 16.8. The molecular weight excluding hydrogens is 441 g/mol. The summed E-state index contributed by atoms with van der Waals surface area (Å²) in [4.78, 5) is 23.3. The molecule has 2 fully saturated rings. The molecule has 0 radical (unpaired) electrons. The SMILES string of the molecule is CCOC(=O)C1CCN(c2nc(CCC3CC3)c(I)nc2Cl)CC1. The fraction of sp³-hybridized carbons (Fsp3) is 0.706. The van der Waals surface area contributed by atoms with Crippen LogP contribution in [-0.2, 0) is 16.0 Å². The molecular formula is C17H23ClIN3O2. The van der Waals surface area contributed by atoms with Crippen LogP contribution in [0.1, 0.15) is 44.7 Å². The summed E-state index contributed by atoms with van der Waals surface area (Å²) in [6.07, 6.45) is 6.42. The average Bonchev–Trinajstić information content (AvgIpc) is 3.39. The van der Waals surface area contributed by atoms with Crippen molar-refractivity contribution in [2.24, 2.45) is 11.8 Å². The summed E-state index contributed by atoms with van der Waals surface area (Å²) in [6, 6.07) is 0. The van der Waals surface area contributed by atoms with E-state index in [1.54, 1.807) is 0 Å². The van der Waals surface area contributed by atoms with Gasteiger partial charge >= 0.3 is 5.97 Å². The minimum Gasteiger partial charge on any atom is -0.466 e. The van der Waals surface area contributed by atoms with Gasteiger partial charge in [-0.1, -0.05) is 24.4 Å². The van der Waals surface area contributed by atoms with Gasteiger partial charge in [0.15, 0.2) is 11.0 Å². The molecule has 7 heteroatoms. The normalized spacial score (nSPS) is 18.7. The molecule has 132 valence electrons. The highest BCUT2D eigenvalue weighted by Crippen LogP contribution is 2.34. The standard InChI is InChI=1S/C17H23ClIN3O2/c1-2-24-17(23)12-7-9-22(10-8-12)16-14(18)21-15(19)13(20-16)6-5-11-3-4-11/h11-12H,2-10H2,1H3. The Balaban J connectivity index is 1.65. The number of hydrogen-bond donors (Lipinski definition) is 0. The van der Waals surface area contributed by atoms with Crippen LogP contribution in [0.5, 0.6) is 0 Å². The number of aromatic nitrogens is 2. The summed E-state index contributed by atoms with van der Waals surface area (Å²) in [5.74, 6) is 1.56. The number of halogens is 2. The molecule has 0 amide bonds. The molecule has 24 heavy (non-hydrogen) atoms. The largest absolute Gasteiger partial charge is 0.466 e. The van der Waals surface area contributed by atoms with Crippen molar-refractivity contribution in [3.8, 4) is 0 Å². The highest BCUT2D eigenvalue weighted by atomic mass is 127. The molecule has 2 heterocycles. The number of anilines is 1. The lowest BCUT2D eigenvalue weighted by Crippen LogP contribution is -2.37. The van der Waals surface area contributed by atoms with E-state index in [0.717, 1.165) is 53.5 Å². The highest BCUT2D eigenvalue weighted by Gasteiger charge is 2.28. The minimum atomic E-state index is -0.0814. The van der Waals surface area contributed by atoms with Crippen LogP contribution in [0.25, 0.3) is 0 Å². The summed E-state index contributed by atoms with van der Waals surface area (Å²) >= 11 is 8.57. The van der Waals surface area contributed by atoms with Gasteiger partial charge in [0.1, 0.15) is 3.70 Å². The second kappa shape index (κ2) is 8.17. The Kier molecular flexibility index (Phi) is 6.18. The molecule has 1 aromatic heterocycles. The maximum atomic E-state index is 11.9. The Bertz CT molecular complexity index is 602. The topological polar surface area (TPSA) is 55.3 Å². The first-order valence-corrected chi connectivity index (χ1v) is 10.2. The first-order chi connectivity index (χ1) is 11.6. The summed E-state index contributed by atoms with van der Waals surface area (Å²) in [5, 5.41) is 0.462. The number of rotatable bonds is 6. The van der Waals surface area contributed by atoms with Crippen LogP contribution in [0.3, 0.4) is 0 Å². The van der Waals surface area contributed by atoms with Crippen LogP contribution in [0.2, 0.25) is 5.15 Å². The number of carbonyl (C=O) groups is 1. The second-order valence-electron chi connectivity index (χ2n) is 6.57. The third-order valence-electron chi connectivity index (χ3n) is 4.76. The van der Waals surface area contributed by atoms with Crippen molar-refractivity contribution in [3.05, 3.63) is 14.5 Å². The number of hydrogen-bond acceptors (Lipinski definition) is 5. The van der Waals surface area contributed by atoms with Crippen LogP contribution in [0, 0.1) is 15.5 Å². The van der Waals surface area contributed by atoms with Gasteiger partial charge in [-0.05, 0) is 61.1 Å². The van der Waals surface area contributed by atoms with Gasteiger partial charge in [0.2, 0.25) is 0 Å². The lowest BCUT2D eigenvalue weighted by Gasteiger charge is -2.32. The van der Waals surface area contributed by atoms with Crippen molar-refractivity contribution >= 4 is 46.0 Å². The van der Waals surface area contributed by atoms with Crippen LogP contribution in [-0.4, -0.2) is 35.6 Å². The maximum Gasteiger partial charge on any atom is 0.309 e. The highest BCUT2D eigenvalue weighted by molar-refractivity contribution is 14.1. The van der Waals surface area contributed by atoms with Crippen LogP contribution >= 0.6 is 34.2 Å². The van der Waals surface area contributed by atoms with Gasteiger partial charge in [0.25, 0.3) is 0 Å². The molecule has 1 saturated heterocycles. The molecule has 5 nitrogen and oxygen atoms in total. The fourth-order valence-electron chi connectivity index (χ4n) is 3.12. The molecule has 0 N–H and O–H groups in total. The van der Waals surface area contributed by atoms with Gasteiger partial charge in [0.05, 0.1) is 18.2 Å². The fourth-order valence-corrected chi connectivity index (χ4v) is 4.14. The van der Waals surface area contributed by atoms with E-state index in [9.17, 15) is 4.79 Å². The molecule has 0 bridgehead atoms. The van der Waals surface area contributed by atoms with Crippen molar-refractivity contribution in [2.45, 2.75) is 45.4 Å². The number of carbonyl (C=O) groups excluding carboxylic acids is 1. The van der Waals surface area contributed by atoms with Gasteiger partial charge in [-0.3, -0.25) is 4.79 Å². The predicted molar refractivity (Wildman–Crippen MR) is 102 cm³/mol. The van der Waals surface area contributed by atoms with Gasteiger partial charge in [0, 0.05) is 13.1 Å². The number of piperidine rings is 1. The number of ether oxygens (including phenoxy) is 1. The molecule has 0 atom stereocenters. The van der Waals surface area contributed by atoms with E-state index in [0.29, 0.717) is 11.8 Å². The second-order valence-corrected chi connectivity index (χ2v) is 7.95. The molecule has 0 unspecified atom stereocenters. The molecule has 1 aliphatic heterocycles. The Hall–Kier alpha value is -0.630. The number of esters is 1. The summed E-state index contributed by atoms with van der Waals surface area (Å²) in [5.41, 5.74) is 1.05. The lowest BCUT2D eigenvalue weighted by atomic mass is 9.97. The van der Waals surface area contributed by atoms with Crippen molar-refractivity contribution in [1.82, 2.24) is 9.97 Å². The Labute approximate surface area is 161 Å². The van der Waals surface area contributed by atoms with E-state index in [2.05, 4.69) is 32.5 Å². The third kappa shape index (κ3) is 4.50. The van der Waals surface area contributed by atoms with E-state index < -0.39 is 0 Å². The minimum absolute atomic E-state index is 0.00822. The molecule has 0 aromatic carbocycles. The zero-order valence-electron chi connectivity index (χ0n) is 13.9. The van der Waals surface area contributed by atoms with E-state index in [1.165, 1.54) is 19.3 Å². The lowest BCUT2D eigenvalue weighted by molar-refractivity contribution is -0.148. The van der Waals surface area contributed by atoms with Gasteiger partial charge in [-0.2, -0.15) is 0 Å². The number of aryl methyl sites for hydroxylation is 1. The summed E-state index contributed by atoms with van der Waals surface area (Å²) in [7, 11) is 0. The maximum absolute atomic E-state index is 11.9. The van der Waals surface area contributed by atoms with Crippen LogP contribution < -0.4 is 4.90 Å². The van der Waals surface area contributed by atoms with E-state index in [4.69, 9.17) is 21.3 Å². The number of nitrogens with zero attached hydrogens (tertiary/aromatic N) is 3. The van der Waals surface area contributed by atoms with Crippen molar-refractivity contribution in [3.63, 3.8) is 0 Å². The summed E-state index contributed by atoms with van der Waals surface area (Å²) < 4.78 is 6.03. The van der Waals surface area contributed by atoms with E-state index in [-0.39, 0.29) is 11.9 Å². The Morgan fingerprint density at radius 2 is 2.00 bits per heavy atom. The third-order valence-corrected chi connectivity index (χ3v) is 5.88. The first-order valence-electron chi connectivity index (χ1n) is 8.72. The van der Waals surface area contributed by atoms with E-state index in [1.807, 2.05) is 6.92 Å². The molecule has 0 spiro atoms. The zero-order chi connectivity index (χ0) is 17.1. The average molecular weight is 464 g/mol. The van der Waals surface area contributed by atoms with Gasteiger partial charge < -0.3 is 9.64 Å². The molecule has 1 saturated carbocycles. The smallest absolute Gasteiger partial charge is 0.309 e. The van der Waals surface area contributed by atoms with Crippen LogP contribution in [0.4, 0.5) is 5.82 Å².